The van der Waals surface area contributed by atoms with E-state index in [2.05, 4.69) is 0 Å². The largest absolute Gasteiger partial charge is 0.299 e. The molecule has 0 spiro atoms. The number of hydrogen-bond acceptors (Lipinski definition) is 1. The van der Waals surface area contributed by atoms with Crippen LogP contribution in [0.3, 0.4) is 0 Å². The minimum atomic E-state index is -2.10. The highest BCUT2D eigenvalue weighted by Crippen LogP contribution is 2.35. The number of carbonyl (C=O) groups excluding carboxylic acids is 1. The highest BCUT2D eigenvalue weighted by molar-refractivity contribution is 6.48. The number of benzene rings is 1. The smallest absolute Gasteiger partial charge is 0.188 e. The fourth-order valence-electron chi connectivity index (χ4n) is 0.906. The summed E-state index contributed by atoms with van der Waals surface area (Å²) >= 11 is 17.0. The Labute approximate surface area is 95.8 Å². The van der Waals surface area contributed by atoms with Gasteiger partial charge < -0.3 is 0 Å². The molecule has 0 heterocycles. The molecule has 1 nitrogen and oxygen atoms in total. The molecular formula is C9H6Cl3FO. The third kappa shape index (κ3) is 2.19. The first-order chi connectivity index (χ1) is 6.38. The first kappa shape index (κ1) is 11.8. The molecule has 1 rings (SSSR count). The molecule has 1 atom stereocenters. The molecule has 14 heavy (non-hydrogen) atoms. The van der Waals surface area contributed by atoms with Gasteiger partial charge in [0, 0.05) is 0 Å². The summed E-state index contributed by atoms with van der Waals surface area (Å²) in [5, 5.41) is 0.401. The summed E-state index contributed by atoms with van der Waals surface area (Å²) < 4.78 is 13.5. The summed E-state index contributed by atoms with van der Waals surface area (Å²) in [5.74, 6) is 0. The second kappa shape index (κ2) is 4.05. The fourth-order valence-corrected chi connectivity index (χ4v) is 1.50. The van der Waals surface area contributed by atoms with Crippen LogP contribution in [0.1, 0.15) is 12.5 Å². The lowest BCUT2D eigenvalue weighted by Crippen LogP contribution is -2.16. The maximum absolute atomic E-state index is 13.5. The van der Waals surface area contributed by atoms with Crippen molar-refractivity contribution < 1.29 is 9.18 Å². The van der Waals surface area contributed by atoms with Crippen LogP contribution in [0.5, 0.6) is 0 Å². The van der Waals surface area contributed by atoms with E-state index in [1.807, 2.05) is 0 Å². The van der Waals surface area contributed by atoms with Gasteiger partial charge in [0.15, 0.2) is 12.0 Å². The molecule has 1 unspecified atom stereocenters. The number of alkyl halides is 1. The van der Waals surface area contributed by atoms with Gasteiger partial charge in [0.05, 0.1) is 15.1 Å². The lowest BCUT2D eigenvalue weighted by Gasteiger charge is -2.14. The highest BCUT2D eigenvalue weighted by Gasteiger charge is 2.26. The van der Waals surface area contributed by atoms with E-state index in [0.717, 1.165) is 6.92 Å². The van der Waals surface area contributed by atoms with Gasteiger partial charge in [-0.05, 0) is 24.6 Å². The first-order valence-electron chi connectivity index (χ1n) is 3.69. The molecular weight excluding hydrogens is 249 g/mol. The van der Waals surface area contributed by atoms with Crippen LogP contribution < -0.4 is 0 Å². The first-order valence-corrected chi connectivity index (χ1v) is 4.82. The van der Waals surface area contributed by atoms with Gasteiger partial charge in [-0.1, -0.05) is 34.8 Å². The molecule has 0 radical (unpaired) electrons. The van der Waals surface area contributed by atoms with Gasteiger partial charge in [-0.15, -0.1) is 0 Å². The van der Waals surface area contributed by atoms with E-state index in [1.54, 1.807) is 0 Å². The predicted octanol–water partition coefficient (Wildman–Crippen LogP) is 4.03. The SMILES string of the molecule is CC(F)(C=O)c1cc(Cl)c(Cl)c(Cl)c1. The van der Waals surface area contributed by atoms with Crippen molar-refractivity contribution in [1.29, 1.82) is 0 Å². The molecule has 0 bridgehead atoms. The van der Waals surface area contributed by atoms with Crippen molar-refractivity contribution >= 4 is 41.1 Å². The number of halogens is 4. The summed E-state index contributed by atoms with van der Waals surface area (Å²) in [7, 11) is 0. The zero-order chi connectivity index (χ0) is 10.9. The fraction of sp³-hybridized carbons (Fsp3) is 0.222. The van der Waals surface area contributed by atoms with Crippen LogP contribution >= 0.6 is 34.8 Å². The Morgan fingerprint density at radius 2 is 1.71 bits per heavy atom. The topological polar surface area (TPSA) is 17.1 Å². The van der Waals surface area contributed by atoms with Crippen molar-refractivity contribution in [3.8, 4) is 0 Å². The molecule has 1 aromatic carbocycles. The second-order valence-electron chi connectivity index (χ2n) is 2.95. The van der Waals surface area contributed by atoms with Crippen LogP contribution in [0.25, 0.3) is 0 Å². The molecule has 1 aromatic rings. The van der Waals surface area contributed by atoms with Gasteiger partial charge in [0.1, 0.15) is 0 Å². The van der Waals surface area contributed by atoms with Crippen LogP contribution in [0.15, 0.2) is 12.1 Å². The molecule has 76 valence electrons. The van der Waals surface area contributed by atoms with Crippen molar-refractivity contribution in [2.75, 3.05) is 0 Å². The molecule has 5 heteroatoms. The second-order valence-corrected chi connectivity index (χ2v) is 4.14. The van der Waals surface area contributed by atoms with Crippen LogP contribution in [0.4, 0.5) is 4.39 Å². The third-order valence-electron chi connectivity index (χ3n) is 1.77. The van der Waals surface area contributed by atoms with Crippen molar-refractivity contribution in [2.45, 2.75) is 12.6 Å². The van der Waals surface area contributed by atoms with E-state index in [9.17, 15) is 9.18 Å². The molecule has 0 fully saturated rings. The molecule has 0 aliphatic heterocycles. The number of carbonyl (C=O) groups is 1. The summed E-state index contributed by atoms with van der Waals surface area (Å²) in [6.07, 6.45) is 0.183. The molecule has 0 N–H and O–H groups in total. The predicted molar refractivity (Wildman–Crippen MR) is 56.0 cm³/mol. The molecule has 0 saturated carbocycles. The maximum Gasteiger partial charge on any atom is 0.188 e. The highest BCUT2D eigenvalue weighted by atomic mass is 35.5. The molecule has 0 aromatic heterocycles. The quantitative estimate of drug-likeness (QED) is 0.576. The van der Waals surface area contributed by atoms with E-state index >= 15 is 0 Å². The van der Waals surface area contributed by atoms with Gasteiger partial charge in [-0.25, -0.2) is 4.39 Å². The van der Waals surface area contributed by atoms with E-state index in [0.29, 0.717) is 0 Å². The zero-order valence-electron chi connectivity index (χ0n) is 7.15. The van der Waals surface area contributed by atoms with Crippen molar-refractivity contribution in [2.24, 2.45) is 0 Å². The third-order valence-corrected chi connectivity index (χ3v) is 2.97. The van der Waals surface area contributed by atoms with Gasteiger partial charge >= 0.3 is 0 Å². The lowest BCUT2D eigenvalue weighted by atomic mass is 10.00. The Balaban J connectivity index is 3.32. The summed E-state index contributed by atoms with van der Waals surface area (Å²) in [6, 6.07) is 2.56. The number of hydrogen-bond donors (Lipinski definition) is 0. The Hall–Kier alpha value is -0.310. The Morgan fingerprint density at radius 3 is 2.07 bits per heavy atom. The van der Waals surface area contributed by atoms with E-state index < -0.39 is 5.67 Å². The summed E-state index contributed by atoms with van der Waals surface area (Å²) in [4.78, 5) is 10.4. The standard InChI is InChI=1S/C9H6Cl3FO/c1-9(13,4-14)5-2-6(10)8(12)7(11)3-5/h2-4H,1H3. The summed E-state index contributed by atoms with van der Waals surface area (Å²) in [5.41, 5.74) is -2.01. The Kier molecular flexibility index (Phi) is 3.40. The van der Waals surface area contributed by atoms with Gasteiger partial charge in [0.2, 0.25) is 0 Å². The number of rotatable bonds is 2. The van der Waals surface area contributed by atoms with Gasteiger partial charge in [-0.2, -0.15) is 0 Å². The normalized spacial score (nSPS) is 14.9. The average Bonchev–Trinajstić information content (AvgIpc) is 2.13. The molecule has 0 aliphatic carbocycles. The van der Waals surface area contributed by atoms with Gasteiger partial charge in [0.25, 0.3) is 0 Å². The van der Waals surface area contributed by atoms with Gasteiger partial charge in [-0.3, -0.25) is 4.79 Å². The van der Waals surface area contributed by atoms with Crippen LogP contribution in [-0.4, -0.2) is 6.29 Å². The van der Waals surface area contributed by atoms with E-state index in [1.165, 1.54) is 12.1 Å². The minimum absolute atomic E-state index is 0.0897. The maximum atomic E-state index is 13.5. The lowest BCUT2D eigenvalue weighted by molar-refractivity contribution is -0.117. The van der Waals surface area contributed by atoms with Crippen molar-refractivity contribution in [1.82, 2.24) is 0 Å². The zero-order valence-corrected chi connectivity index (χ0v) is 9.42. The Morgan fingerprint density at radius 1 is 1.29 bits per heavy atom. The summed E-state index contributed by atoms with van der Waals surface area (Å²) in [6.45, 7) is 1.12. The number of aldehydes is 1. The monoisotopic (exact) mass is 254 g/mol. The minimum Gasteiger partial charge on any atom is -0.299 e. The van der Waals surface area contributed by atoms with E-state index in [4.69, 9.17) is 34.8 Å². The Bertz CT molecular complexity index is 353. The average molecular weight is 256 g/mol. The van der Waals surface area contributed by atoms with E-state index in [-0.39, 0.29) is 26.9 Å². The van der Waals surface area contributed by atoms with Crippen molar-refractivity contribution in [3.05, 3.63) is 32.8 Å². The van der Waals surface area contributed by atoms with Crippen LogP contribution in [0.2, 0.25) is 15.1 Å². The molecule has 0 aliphatic rings. The van der Waals surface area contributed by atoms with Crippen LogP contribution in [0, 0.1) is 0 Å². The molecule has 0 amide bonds. The molecule has 0 saturated heterocycles. The van der Waals surface area contributed by atoms with Crippen LogP contribution in [-0.2, 0) is 10.5 Å². The van der Waals surface area contributed by atoms with Crippen molar-refractivity contribution in [3.63, 3.8) is 0 Å².